The molecule has 0 aromatic carbocycles. The molecule has 84 valence electrons. The monoisotopic (exact) mass is 229 g/mol. The third-order valence-corrected chi connectivity index (χ3v) is 3.34. The van der Waals surface area contributed by atoms with Gasteiger partial charge in [0.25, 0.3) is 0 Å². The van der Waals surface area contributed by atoms with Gasteiger partial charge in [-0.25, -0.2) is 0 Å². The zero-order valence-electron chi connectivity index (χ0n) is 8.78. The Morgan fingerprint density at radius 3 is 2.87 bits per heavy atom. The number of hydrogen-bond donors (Lipinski definition) is 2. The van der Waals surface area contributed by atoms with Crippen LogP contribution in [-0.2, 0) is 12.1 Å². The van der Waals surface area contributed by atoms with Gasteiger partial charge in [-0.15, -0.1) is 0 Å². The molecule has 1 atom stereocenters. The van der Waals surface area contributed by atoms with E-state index in [-0.39, 0.29) is 12.5 Å². The lowest BCUT2D eigenvalue weighted by molar-refractivity contribution is 0.0135. The Labute approximate surface area is 94.0 Å². The maximum absolute atomic E-state index is 10.5. The van der Waals surface area contributed by atoms with Gasteiger partial charge >= 0.3 is 0 Å². The van der Waals surface area contributed by atoms with Gasteiger partial charge in [0.05, 0.1) is 16.9 Å². The van der Waals surface area contributed by atoms with Crippen LogP contribution in [0.2, 0.25) is 5.02 Å². The topological polar surface area (TPSA) is 64.1 Å². The second-order valence-electron chi connectivity index (χ2n) is 4.06. The van der Waals surface area contributed by atoms with Crippen LogP contribution in [0, 0.1) is 5.92 Å². The summed E-state index contributed by atoms with van der Waals surface area (Å²) in [5.41, 5.74) is 5.36. The predicted molar refractivity (Wildman–Crippen MR) is 58.6 cm³/mol. The summed E-state index contributed by atoms with van der Waals surface area (Å²) in [7, 11) is 0. The van der Waals surface area contributed by atoms with E-state index in [0.717, 1.165) is 12.8 Å². The highest BCUT2D eigenvalue weighted by Crippen LogP contribution is 2.46. The van der Waals surface area contributed by atoms with Crippen molar-refractivity contribution >= 4 is 11.6 Å². The van der Waals surface area contributed by atoms with Crippen molar-refractivity contribution in [1.82, 2.24) is 9.78 Å². The third-order valence-electron chi connectivity index (χ3n) is 3.07. The summed E-state index contributed by atoms with van der Waals surface area (Å²) in [6, 6.07) is 0. The van der Waals surface area contributed by atoms with Crippen molar-refractivity contribution in [3.05, 3.63) is 16.9 Å². The van der Waals surface area contributed by atoms with Crippen LogP contribution in [0.1, 0.15) is 25.5 Å². The van der Waals surface area contributed by atoms with Gasteiger partial charge in [-0.1, -0.05) is 11.6 Å². The molecule has 0 radical (unpaired) electrons. The Bertz CT molecular complexity index is 362. The smallest absolute Gasteiger partial charge is 0.123 e. The number of nitrogens with zero attached hydrogens (tertiary/aromatic N) is 2. The number of aromatic nitrogens is 2. The summed E-state index contributed by atoms with van der Waals surface area (Å²) >= 11 is 6.06. The van der Waals surface area contributed by atoms with Gasteiger partial charge in [0, 0.05) is 13.1 Å². The fourth-order valence-electron chi connectivity index (χ4n) is 2.05. The van der Waals surface area contributed by atoms with Crippen LogP contribution >= 0.6 is 11.6 Å². The molecule has 0 spiro atoms. The lowest BCUT2D eigenvalue weighted by Gasteiger charge is -2.27. The number of aliphatic hydroxyl groups is 1. The molecule has 5 heteroatoms. The van der Waals surface area contributed by atoms with E-state index in [2.05, 4.69) is 5.10 Å². The Morgan fingerprint density at radius 1 is 1.73 bits per heavy atom. The molecule has 1 saturated carbocycles. The summed E-state index contributed by atoms with van der Waals surface area (Å²) in [5, 5.41) is 15.2. The van der Waals surface area contributed by atoms with Gasteiger partial charge in [-0.2, -0.15) is 5.10 Å². The number of nitrogens with two attached hydrogens (primary N) is 1. The van der Waals surface area contributed by atoms with Crippen molar-refractivity contribution in [2.75, 3.05) is 6.54 Å². The Balaban J connectivity index is 2.44. The van der Waals surface area contributed by atoms with E-state index in [1.165, 1.54) is 0 Å². The first-order valence-electron chi connectivity index (χ1n) is 5.27. The first-order chi connectivity index (χ1) is 7.13. The van der Waals surface area contributed by atoms with Gasteiger partial charge in [0.15, 0.2) is 0 Å². The fraction of sp³-hybridized carbons (Fsp3) is 0.700. The van der Waals surface area contributed by atoms with E-state index in [4.69, 9.17) is 17.3 Å². The largest absolute Gasteiger partial charge is 0.382 e. The predicted octanol–water partition coefficient (Wildman–Crippen LogP) is 1.11. The summed E-state index contributed by atoms with van der Waals surface area (Å²) in [4.78, 5) is 0. The van der Waals surface area contributed by atoms with E-state index in [1.54, 1.807) is 10.9 Å². The van der Waals surface area contributed by atoms with Crippen molar-refractivity contribution in [3.63, 3.8) is 0 Å². The molecule has 1 fully saturated rings. The highest BCUT2D eigenvalue weighted by molar-refractivity contribution is 6.31. The normalized spacial score (nSPS) is 20.3. The van der Waals surface area contributed by atoms with Crippen LogP contribution in [0.5, 0.6) is 0 Å². The SMILES string of the molecule is CCn1ncc(Cl)c1C(O)(CN)C1CC1. The average molecular weight is 230 g/mol. The molecule has 1 aliphatic carbocycles. The Kier molecular flexibility index (Phi) is 2.75. The molecule has 1 aliphatic rings. The number of halogens is 1. The van der Waals surface area contributed by atoms with Crippen molar-refractivity contribution in [3.8, 4) is 0 Å². The Morgan fingerprint density at radius 2 is 2.40 bits per heavy atom. The molecule has 0 saturated heterocycles. The molecule has 15 heavy (non-hydrogen) atoms. The summed E-state index contributed by atoms with van der Waals surface area (Å²) in [6.45, 7) is 2.86. The second kappa shape index (κ2) is 3.77. The fourth-order valence-corrected chi connectivity index (χ4v) is 2.35. The lowest BCUT2D eigenvalue weighted by atomic mass is 9.93. The molecule has 3 N–H and O–H groups in total. The zero-order chi connectivity index (χ0) is 11.1. The molecule has 4 nitrogen and oxygen atoms in total. The summed E-state index contributed by atoms with van der Waals surface area (Å²) in [5.74, 6) is 0.238. The van der Waals surface area contributed by atoms with Crippen molar-refractivity contribution in [2.24, 2.45) is 11.7 Å². The van der Waals surface area contributed by atoms with Crippen LogP contribution in [0.3, 0.4) is 0 Å². The molecule has 1 unspecified atom stereocenters. The first-order valence-corrected chi connectivity index (χ1v) is 5.65. The van der Waals surface area contributed by atoms with Crippen LogP contribution in [0.15, 0.2) is 6.20 Å². The van der Waals surface area contributed by atoms with Gasteiger partial charge < -0.3 is 10.8 Å². The standard InChI is InChI=1S/C10H16ClN3O/c1-2-14-9(8(11)5-13-14)10(15,6-12)7-3-4-7/h5,7,15H,2-4,6,12H2,1H3. The van der Waals surface area contributed by atoms with E-state index in [1.807, 2.05) is 6.92 Å². The van der Waals surface area contributed by atoms with Gasteiger partial charge in [-0.3, -0.25) is 4.68 Å². The van der Waals surface area contributed by atoms with Gasteiger partial charge in [-0.05, 0) is 25.7 Å². The molecule has 1 aromatic rings. The van der Waals surface area contributed by atoms with Gasteiger partial charge in [0.2, 0.25) is 0 Å². The number of hydrogen-bond acceptors (Lipinski definition) is 3. The third kappa shape index (κ3) is 1.67. The molecular formula is C10H16ClN3O. The molecule has 0 bridgehead atoms. The van der Waals surface area contributed by atoms with Crippen LogP contribution < -0.4 is 5.73 Å². The highest BCUT2D eigenvalue weighted by Gasteiger charge is 2.47. The molecule has 1 heterocycles. The molecule has 2 rings (SSSR count). The average Bonchev–Trinajstić information content (AvgIpc) is 3.02. The molecular weight excluding hydrogens is 214 g/mol. The molecule has 0 aliphatic heterocycles. The minimum absolute atomic E-state index is 0.198. The Hall–Kier alpha value is -0.580. The van der Waals surface area contributed by atoms with Crippen LogP contribution in [0.25, 0.3) is 0 Å². The van der Waals surface area contributed by atoms with Crippen LogP contribution in [-0.4, -0.2) is 21.4 Å². The highest BCUT2D eigenvalue weighted by atomic mass is 35.5. The summed E-state index contributed by atoms with van der Waals surface area (Å²) < 4.78 is 1.73. The molecule has 0 amide bonds. The number of aryl methyl sites for hydroxylation is 1. The number of rotatable bonds is 4. The van der Waals surface area contributed by atoms with Crippen LogP contribution in [0.4, 0.5) is 0 Å². The summed E-state index contributed by atoms with van der Waals surface area (Å²) in [6.07, 6.45) is 3.60. The maximum Gasteiger partial charge on any atom is 0.123 e. The van der Waals surface area contributed by atoms with Gasteiger partial charge in [0.1, 0.15) is 5.60 Å². The van der Waals surface area contributed by atoms with E-state index in [0.29, 0.717) is 17.3 Å². The van der Waals surface area contributed by atoms with Crippen molar-refractivity contribution in [1.29, 1.82) is 0 Å². The quantitative estimate of drug-likeness (QED) is 0.813. The minimum Gasteiger partial charge on any atom is -0.382 e. The molecule has 1 aromatic heterocycles. The lowest BCUT2D eigenvalue weighted by Crippen LogP contribution is -2.39. The van der Waals surface area contributed by atoms with Crippen molar-refractivity contribution < 1.29 is 5.11 Å². The maximum atomic E-state index is 10.5. The van der Waals surface area contributed by atoms with Crippen molar-refractivity contribution in [2.45, 2.75) is 31.9 Å². The zero-order valence-corrected chi connectivity index (χ0v) is 9.54. The van der Waals surface area contributed by atoms with E-state index < -0.39 is 5.60 Å². The van der Waals surface area contributed by atoms with E-state index >= 15 is 0 Å². The minimum atomic E-state index is -0.996. The first kappa shape index (κ1) is 10.9. The second-order valence-corrected chi connectivity index (χ2v) is 4.47. The van der Waals surface area contributed by atoms with E-state index in [9.17, 15) is 5.11 Å².